The number of anilines is 1. The number of amides is 1. The van der Waals surface area contributed by atoms with Gasteiger partial charge in [0.15, 0.2) is 0 Å². The van der Waals surface area contributed by atoms with Crippen LogP contribution in [0.5, 0.6) is 0 Å². The van der Waals surface area contributed by atoms with Crippen molar-refractivity contribution in [1.29, 1.82) is 0 Å². The summed E-state index contributed by atoms with van der Waals surface area (Å²) in [5.41, 5.74) is 4.48. The van der Waals surface area contributed by atoms with Crippen LogP contribution in [0.1, 0.15) is 49.7 Å². The molecule has 0 aromatic heterocycles. The lowest BCUT2D eigenvalue weighted by molar-refractivity contribution is -0.117. The number of rotatable bonds is 3. The quantitative estimate of drug-likeness (QED) is 0.720. The highest BCUT2D eigenvalue weighted by atomic mass is 16.2. The summed E-state index contributed by atoms with van der Waals surface area (Å²) in [5.74, 6) is 0.577. The summed E-state index contributed by atoms with van der Waals surface area (Å²) in [7, 11) is 0. The maximum Gasteiger partial charge on any atom is 0.248 e. The van der Waals surface area contributed by atoms with Crippen LogP contribution in [0, 0.1) is 5.92 Å². The Labute approximate surface area is 155 Å². The summed E-state index contributed by atoms with van der Waals surface area (Å²) >= 11 is 0. The Hall–Kier alpha value is -2.42. The Bertz CT molecular complexity index is 789. The minimum absolute atomic E-state index is 0.0879. The first-order valence-corrected chi connectivity index (χ1v) is 9.81. The third-order valence-electron chi connectivity index (χ3n) is 5.58. The van der Waals surface area contributed by atoms with Crippen LogP contribution in [0.4, 0.5) is 5.69 Å². The number of benzene rings is 2. The van der Waals surface area contributed by atoms with E-state index in [4.69, 9.17) is 4.99 Å². The van der Waals surface area contributed by atoms with E-state index in [1.165, 1.54) is 38.5 Å². The number of benzodiazepines with no additional fused rings is 1. The fourth-order valence-corrected chi connectivity index (χ4v) is 4.22. The van der Waals surface area contributed by atoms with Gasteiger partial charge in [0, 0.05) is 17.2 Å². The van der Waals surface area contributed by atoms with Crippen molar-refractivity contribution in [1.82, 2.24) is 0 Å². The fourth-order valence-electron chi connectivity index (χ4n) is 4.22. The molecule has 0 unspecified atom stereocenters. The molecular formula is C23H26N2O. The predicted octanol–water partition coefficient (Wildman–Crippen LogP) is 4.99. The van der Waals surface area contributed by atoms with Gasteiger partial charge in [-0.25, -0.2) is 0 Å². The van der Waals surface area contributed by atoms with Crippen molar-refractivity contribution in [3.8, 4) is 0 Å². The third kappa shape index (κ3) is 3.57. The van der Waals surface area contributed by atoms with Gasteiger partial charge in [-0.1, -0.05) is 74.2 Å². The van der Waals surface area contributed by atoms with Gasteiger partial charge in [0.05, 0.1) is 12.2 Å². The van der Waals surface area contributed by atoms with Crippen LogP contribution in [0.15, 0.2) is 59.6 Å². The van der Waals surface area contributed by atoms with Crippen molar-refractivity contribution in [2.45, 2.75) is 45.1 Å². The second-order valence-electron chi connectivity index (χ2n) is 7.37. The summed E-state index contributed by atoms with van der Waals surface area (Å²) in [4.78, 5) is 19.6. The first kappa shape index (κ1) is 17.0. The Kier molecular flexibility index (Phi) is 5.14. The second-order valence-corrected chi connectivity index (χ2v) is 7.37. The third-order valence-corrected chi connectivity index (χ3v) is 5.58. The molecule has 0 bridgehead atoms. The zero-order chi connectivity index (χ0) is 17.8. The van der Waals surface area contributed by atoms with Crippen LogP contribution in [0.2, 0.25) is 0 Å². The number of aliphatic imine (C=N–C) groups is 1. The lowest BCUT2D eigenvalue weighted by atomic mass is 9.89. The molecule has 26 heavy (non-hydrogen) atoms. The summed E-state index contributed by atoms with van der Waals surface area (Å²) in [5, 5.41) is 0. The van der Waals surface area contributed by atoms with E-state index in [2.05, 4.69) is 30.3 Å². The molecular weight excluding hydrogens is 320 g/mol. The number of carbonyl (C=O) groups is 1. The molecule has 134 valence electrons. The van der Waals surface area contributed by atoms with E-state index >= 15 is 0 Å². The molecule has 0 atom stereocenters. The van der Waals surface area contributed by atoms with E-state index in [1.54, 1.807) is 0 Å². The molecule has 1 amide bonds. The summed E-state index contributed by atoms with van der Waals surface area (Å²) in [6.45, 7) is 0.859. The summed E-state index contributed by atoms with van der Waals surface area (Å²) in [6, 6.07) is 18.5. The van der Waals surface area contributed by atoms with Crippen LogP contribution in [-0.4, -0.2) is 18.2 Å². The van der Waals surface area contributed by atoms with Crippen LogP contribution < -0.4 is 4.90 Å². The van der Waals surface area contributed by atoms with Crippen LogP contribution in [0.25, 0.3) is 0 Å². The van der Waals surface area contributed by atoms with E-state index in [-0.39, 0.29) is 12.5 Å². The van der Waals surface area contributed by atoms with Crippen molar-refractivity contribution in [3.05, 3.63) is 65.7 Å². The Balaban J connectivity index is 1.70. The molecule has 4 rings (SSSR count). The highest BCUT2D eigenvalue weighted by Crippen LogP contribution is 2.33. The van der Waals surface area contributed by atoms with Gasteiger partial charge in [-0.15, -0.1) is 0 Å². The molecule has 3 nitrogen and oxygen atoms in total. The average molecular weight is 346 g/mol. The highest BCUT2D eigenvalue weighted by Gasteiger charge is 2.28. The molecule has 1 fully saturated rings. The molecule has 1 heterocycles. The van der Waals surface area contributed by atoms with Crippen LogP contribution in [-0.2, 0) is 11.3 Å². The lowest BCUT2D eigenvalue weighted by Crippen LogP contribution is -2.31. The number of fused-ring (bicyclic) bond motifs is 1. The van der Waals surface area contributed by atoms with Gasteiger partial charge in [-0.2, -0.15) is 0 Å². The van der Waals surface area contributed by atoms with Gasteiger partial charge < -0.3 is 4.90 Å². The first-order chi connectivity index (χ1) is 12.8. The van der Waals surface area contributed by atoms with Crippen molar-refractivity contribution in [2.75, 3.05) is 11.4 Å². The van der Waals surface area contributed by atoms with Crippen molar-refractivity contribution >= 4 is 17.3 Å². The number of nitrogens with zero attached hydrogens (tertiary/aromatic N) is 2. The molecule has 1 saturated carbocycles. The summed E-state index contributed by atoms with van der Waals surface area (Å²) < 4.78 is 0. The number of para-hydroxylation sites is 1. The minimum atomic E-state index is 0.0879. The molecule has 2 aromatic rings. The highest BCUT2D eigenvalue weighted by molar-refractivity contribution is 6.12. The maximum absolute atomic E-state index is 12.9. The van der Waals surface area contributed by atoms with Gasteiger partial charge in [-0.05, 0) is 24.5 Å². The topological polar surface area (TPSA) is 32.7 Å². The SMILES string of the molecule is O=C1CN=C(C2CCCCCC2)c2ccccc2N1Cc1ccccc1. The Morgan fingerprint density at radius 3 is 2.35 bits per heavy atom. The molecule has 3 heteroatoms. The van der Waals surface area contributed by atoms with Crippen molar-refractivity contribution in [2.24, 2.45) is 10.9 Å². The van der Waals surface area contributed by atoms with E-state index in [0.717, 1.165) is 22.5 Å². The number of hydrogen-bond donors (Lipinski definition) is 0. The fraction of sp³-hybridized carbons (Fsp3) is 0.391. The first-order valence-electron chi connectivity index (χ1n) is 9.81. The van der Waals surface area contributed by atoms with E-state index in [0.29, 0.717) is 12.5 Å². The average Bonchev–Trinajstić information content (AvgIpc) is 3.02. The molecule has 0 N–H and O–H groups in total. The lowest BCUT2D eigenvalue weighted by Gasteiger charge is -2.24. The number of carbonyl (C=O) groups excluding carboxylic acids is 1. The molecule has 0 radical (unpaired) electrons. The van der Waals surface area contributed by atoms with Crippen molar-refractivity contribution in [3.63, 3.8) is 0 Å². The maximum atomic E-state index is 12.9. The Morgan fingerprint density at radius 1 is 0.885 bits per heavy atom. The normalized spacial score (nSPS) is 18.7. The molecule has 2 aliphatic rings. The van der Waals surface area contributed by atoms with Gasteiger partial charge in [0.2, 0.25) is 5.91 Å². The monoisotopic (exact) mass is 346 g/mol. The summed E-state index contributed by atoms with van der Waals surface area (Å²) in [6.07, 6.45) is 7.58. The second kappa shape index (κ2) is 7.86. The zero-order valence-corrected chi connectivity index (χ0v) is 15.2. The smallest absolute Gasteiger partial charge is 0.248 e. The van der Waals surface area contributed by atoms with Gasteiger partial charge in [0.25, 0.3) is 0 Å². The van der Waals surface area contributed by atoms with Crippen molar-refractivity contribution < 1.29 is 4.79 Å². The molecule has 1 aliphatic heterocycles. The van der Waals surface area contributed by atoms with E-state index < -0.39 is 0 Å². The van der Waals surface area contributed by atoms with Gasteiger partial charge in [0.1, 0.15) is 6.54 Å². The van der Waals surface area contributed by atoms with E-state index in [1.807, 2.05) is 29.2 Å². The standard InChI is InChI=1S/C23H26N2O/c26-22-16-24-23(19-12-6-1-2-7-13-19)20-14-8-9-15-21(20)25(22)17-18-10-4-3-5-11-18/h3-5,8-11,14-15,19H,1-2,6-7,12-13,16-17H2. The van der Waals surface area contributed by atoms with Gasteiger partial charge in [-0.3, -0.25) is 9.79 Å². The molecule has 1 aliphatic carbocycles. The van der Waals surface area contributed by atoms with Crippen LogP contribution in [0.3, 0.4) is 0 Å². The Morgan fingerprint density at radius 2 is 1.58 bits per heavy atom. The predicted molar refractivity (Wildman–Crippen MR) is 107 cm³/mol. The zero-order valence-electron chi connectivity index (χ0n) is 15.2. The molecule has 2 aromatic carbocycles. The van der Waals surface area contributed by atoms with E-state index in [9.17, 15) is 4.79 Å². The van der Waals surface area contributed by atoms with Gasteiger partial charge >= 0.3 is 0 Å². The largest absolute Gasteiger partial charge is 0.306 e. The molecule has 0 saturated heterocycles. The van der Waals surface area contributed by atoms with Crippen LogP contribution >= 0.6 is 0 Å². The molecule has 0 spiro atoms. The number of hydrogen-bond acceptors (Lipinski definition) is 2. The minimum Gasteiger partial charge on any atom is -0.306 e.